The molecule has 1 aliphatic heterocycles. The lowest BCUT2D eigenvalue weighted by Crippen LogP contribution is -2.32. The van der Waals surface area contributed by atoms with Crippen molar-refractivity contribution in [3.05, 3.63) is 35.4 Å². The first kappa shape index (κ1) is 16.5. The van der Waals surface area contributed by atoms with Gasteiger partial charge in [-0.2, -0.15) is 0 Å². The van der Waals surface area contributed by atoms with Gasteiger partial charge in [-0.3, -0.25) is 0 Å². The summed E-state index contributed by atoms with van der Waals surface area (Å²) < 4.78 is 6.09. The maximum absolute atomic E-state index is 6.09. The summed E-state index contributed by atoms with van der Waals surface area (Å²) in [6, 6.07) is 9.07. The first-order chi connectivity index (χ1) is 10.0. The van der Waals surface area contributed by atoms with E-state index in [1.54, 1.807) is 0 Å². The van der Waals surface area contributed by atoms with Gasteiger partial charge in [0, 0.05) is 19.1 Å². The predicted molar refractivity (Wildman–Crippen MR) is 89.7 cm³/mol. The fourth-order valence-electron chi connectivity index (χ4n) is 3.06. The number of benzene rings is 1. The molecule has 1 saturated heterocycles. The van der Waals surface area contributed by atoms with Crippen molar-refractivity contribution in [3.8, 4) is 0 Å². The Balaban J connectivity index is 2.06. The third kappa shape index (κ3) is 4.55. The van der Waals surface area contributed by atoms with Crippen molar-refractivity contribution in [2.75, 3.05) is 19.7 Å². The van der Waals surface area contributed by atoms with Crippen molar-refractivity contribution in [3.63, 3.8) is 0 Å². The van der Waals surface area contributed by atoms with Crippen molar-refractivity contribution >= 4 is 0 Å². The van der Waals surface area contributed by atoms with E-state index < -0.39 is 0 Å². The van der Waals surface area contributed by atoms with Gasteiger partial charge in [0.05, 0.1) is 6.10 Å². The largest absolute Gasteiger partial charge is 0.373 e. The zero-order valence-corrected chi connectivity index (χ0v) is 14.1. The van der Waals surface area contributed by atoms with Crippen molar-refractivity contribution in [2.45, 2.75) is 58.5 Å². The van der Waals surface area contributed by atoms with Gasteiger partial charge in [-0.1, -0.05) is 52.0 Å². The Morgan fingerprint density at radius 2 is 1.90 bits per heavy atom. The fraction of sp³-hybridized carbons (Fsp3) is 0.684. The maximum Gasteiger partial charge on any atom is 0.0865 e. The van der Waals surface area contributed by atoms with Crippen LogP contribution in [0.3, 0.4) is 0 Å². The molecule has 1 fully saturated rings. The van der Waals surface area contributed by atoms with E-state index in [0.29, 0.717) is 5.92 Å². The zero-order chi connectivity index (χ0) is 15.3. The summed E-state index contributed by atoms with van der Waals surface area (Å²) >= 11 is 0. The predicted octanol–water partition coefficient (Wildman–Crippen LogP) is 4.45. The molecule has 0 radical (unpaired) electrons. The summed E-state index contributed by atoms with van der Waals surface area (Å²) in [6.45, 7) is 12.1. The molecule has 1 aliphatic rings. The van der Waals surface area contributed by atoms with Crippen LogP contribution in [0.1, 0.15) is 64.2 Å². The monoisotopic (exact) mass is 289 g/mol. The van der Waals surface area contributed by atoms with Crippen LogP contribution in [0.5, 0.6) is 0 Å². The van der Waals surface area contributed by atoms with Crippen LogP contribution in [0.15, 0.2) is 24.3 Å². The summed E-state index contributed by atoms with van der Waals surface area (Å²) in [6.07, 6.45) is 3.91. The minimum atomic E-state index is 0.216. The van der Waals surface area contributed by atoms with E-state index in [4.69, 9.17) is 4.74 Å². The van der Waals surface area contributed by atoms with Crippen LogP contribution in [0, 0.1) is 5.92 Å². The number of ether oxygens (including phenoxy) is 1. The highest BCUT2D eigenvalue weighted by Gasteiger charge is 2.27. The van der Waals surface area contributed by atoms with Crippen LogP contribution >= 0.6 is 0 Å². The van der Waals surface area contributed by atoms with Crippen LogP contribution in [0.25, 0.3) is 0 Å². The minimum Gasteiger partial charge on any atom is -0.373 e. The standard InChI is InChI=1S/C19H31NO/c1-5-12-20-14-16-7-6-13-21-18(16)15-8-10-17(11-9-15)19(2,3)4/h8-11,16,18,20H,5-7,12-14H2,1-4H3. The van der Waals surface area contributed by atoms with Gasteiger partial charge in [-0.25, -0.2) is 0 Å². The van der Waals surface area contributed by atoms with Gasteiger partial charge in [0.25, 0.3) is 0 Å². The van der Waals surface area contributed by atoms with E-state index >= 15 is 0 Å². The molecular weight excluding hydrogens is 258 g/mol. The van der Waals surface area contributed by atoms with Gasteiger partial charge in [0.2, 0.25) is 0 Å². The van der Waals surface area contributed by atoms with Crippen molar-refractivity contribution in [2.24, 2.45) is 5.92 Å². The van der Waals surface area contributed by atoms with Gasteiger partial charge >= 0.3 is 0 Å². The van der Waals surface area contributed by atoms with Crippen LogP contribution < -0.4 is 5.32 Å². The average Bonchev–Trinajstić information content (AvgIpc) is 2.47. The molecule has 2 unspecified atom stereocenters. The molecule has 0 amide bonds. The molecule has 2 heteroatoms. The van der Waals surface area contributed by atoms with Crippen LogP contribution in [0.2, 0.25) is 0 Å². The highest BCUT2D eigenvalue weighted by Crippen LogP contribution is 2.34. The summed E-state index contributed by atoms with van der Waals surface area (Å²) in [7, 11) is 0. The van der Waals surface area contributed by atoms with E-state index in [1.807, 2.05) is 0 Å². The molecule has 1 N–H and O–H groups in total. The lowest BCUT2D eigenvalue weighted by atomic mass is 9.84. The molecule has 0 aromatic heterocycles. The highest BCUT2D eigenvalue weighted by atomic mass is 16.5. The average molecular weight is 289 g/mol. The number of nitrogens with one attached hydrogen (secondary N) is 1. The van der Waals surface area contributed by atoms with Gasteiger partial charge in [-0.05, 0) is 42.3 Å². The lowest BCUT2D eigenvalue weighted by Gasteiger charge is -2.32. The molecule has 1 heterocycles. The summed E-state index contributed by atoms with van der Waals surface area (Å²) in [5.41, 5.74) is 2.95. The Morgan fingerprint density at radius 3 is 2.52 bits per heavy atom. The fourth-order valence-corrected chi connectivity index (χ4v) is 3.06. The van der Waals surface area contributed by atoms with Gasteiger partial charge in [0.15, 0.2) is 0 Å². The summed E-state index contributed by atoms with van der Waals surface area (Å²) in [5, 5.41) is 3.56. The van der Waals surface area contributed by atoms with E-state index in [9.17, 15) is 0 Å². The summed E-state index contributed by atoms with van der Waals surface area (Å²) in [5.74, 6) is 0.603. The molecule has 0 spiro atoms. The van der Waals surface area contributed by atoms with E-state index in [1.165, 1.54) is 30.4 Å². The molecule has 0 aliphatic carbocycles. The molecule has 0 saturated carbocycles. The van der Waals surface area contributed by atoms with Gasteiger partial charge in [0.1, 0.15) is 0 Å². The van der Waals surface area contributed by atoms with Crippen molar-refractivity contribution in [1.29, 1.82) is 0 Å². The van der Waals surface area contributed by atoms with Crippen LogP contribution in [-0.4, -0.2) is 19.7 Å². The highest BCUT2D eigenvalue weighted by molar-refractivity contribution is 5.29. The Bertz CT molecular complexity index is 418. The lowest BCUT2D eigenvalue weighted by molar-refractivity contribution is -0.0277. The molecule has 118 valence electrons. The van der Waals surface area contributed by atoms with E-state index in [-0.39, 0.29) is 11.5 Å². The quantitative estimate of drug-likeness (QED) is 0.809. The second kappa shape index (κ2) is 7.42. The molecule has 21 heavy (non-hydrogen) atoms. The smallest absolute Gasteiger partial charge is 0.0865 e. The summed E-state index contributed by atoms with van der Waals surface area (Å²) in [4.78, 5) is 0. The Morgan fingerprint density at radius 1 is 1.19 bits per heavy atom. The number of rotatable bonds is 5. The third-order valence-corrected chi connectivity index (χ3v) is 4.38. The normalized spacial score (nSPS) is 23.2. The molecule has 2 rings (SSSR count). The van der Waals surface area contributed by atoms with Crippen LogP contribution in [0.4, 0.5) is 0 Å². The number of hydrogen-bond acceptors (Lipinski definition) is 2. The van der Waals surface area contributed by atoms with E-state index in [2.05, 4.69) is 57.3 Å². The molecule has 1 aromatic rings. The van der Waals surface area contributed by atoms with E-state index in [0.717, 1.165) is 19.7 Å². The second-order valence-electron chi connectivity index (χ2n) is 7.27. The Kier molecular flexibility index (Phi) is 5.83. The first-order valence-electron chi connectivity index (χ1n) is 8.45. The molecular formula is C19H31NO. The molecule has 2 nitrogen and oxygen atoms in total. The molecule has 2 atom stereocenters. The third-order valence-electron chi connectivity index (χ3n) is 4.38. The van der Waals surface area contributed by atoms with Crippen molar-refractivity contribution in [1.82, 2.24) is 5.32 Å². The SMILES string of the molecule is CCCNCC1CCCOC1c1ccc(C(C)(C)C)cc1. The van der Waals surface area contributed by atoms with Crippen LogP contribution in [-0.2, 0) is 10.2 Å². The first-order valence-corrected chi connectivity index (χ1v) is 8.45. The minimum absolute atomic E-state index is 0.216. The maximum atomic E-state index is 6.09. The Labute approximate surface area is 130 Å². The Hall–Kier alpha value is -0.860. The van der Waals surface area contributed by atoms with Crippen molar-refractivity contribution < 1.29 is 4.74 Å². The van der Waals surface area contributed by atoms with Gasteiger partial charge < -0.3 is 10.1 Å². The van der Waals surface area contributed by atoms with Gasteiger partial charge in [-0.15, -0.1) is 0 Å². The zero-order valence-electron chi connectivity index (χ0n) is 14.1. The number of hydrogen-bond donors (Lipinski definition) is 1. The molecule has 0 bridgehead atoms. The topological polar surface area (TPSA) is 21.3 Å². The second-order valence-corrected chi connectivity index (χ2v) is 7.27. The molecule has 1 aromatic carbocycles.